The zero-order valence-corrected chi connectivity index (χ0v) is 12.9. The van der Waals surface area contributed by atoms with E-state index in [2.05, 4.69) is 5.32 Å². The summed E-state index contributed by atoms with van der Waals surface area (Å²) in [5.74, 6) is 0. The minimum Gasteiger partial charge on any atom is -0.423 e. The molecular formula is C16H19NO7. The van der Waals surface area contributed by atoms with Crippen molar-refractivity contribution in [2.45, 2.75) is 37.6 Å². The summed E-state index contributed by atoms with van der Waals surface area (Å²) in [7, 11) is 0. The molecule has 1 aliphatic heterocycles. The highest BCUT2D eigenvalue weighted by Gasteiger charge is 2.43. The molecule has 1 aliphatic rings. The Kier molecular flexibility index (Phi) is 4.57. The molecule has 0 spiro atoms. The van der Waals surface area contributed by atoms with E-state index in [1.165, 1.54) is 6.07 Å². The Morgan fingerprint density at radius 2 is 1.92 bits per heavy atom. The number of fused-ring (bicyclic) bond motifs is 1. The van der Waals surface area contributed by atoms with Crippen molar-refractivity contribution in [1.29, 1.82) is 0 Å². The van der Waals surface area contributed by atoms with Gasteiger partial charge in [-0.15, -0.1) is 0 Å². The van der Waals surface area contributed by atoms with Crippen LogP contribution in [0, 0.1) is 6.92 Å². The maximum atomic E-state index is 11.5. The second-order valence-electron chi connectivity index (χ2n) is 5.86. The molecule has 5 N–H and O–H groups in total. The number of rotatable bonds is 3. The average molecular weight is 337 g/mol. The summed E-state index contributed by atoms with van der Waals surface area (Å²) < 4.78 is 10.2. The smallest absolute Gasteiger partial charge is 0.336 e. The second kappa shape index (κ2) is 6.50. The van der Waals surface area contributed by atoms with Gasteiger partial charge in [-0.2, -0.15) is 0 Å². The summed E-state index contributed by atoms with van der Waals surface area (Å²) >= 11 is 0. The maximum absolute atomic E-state index is 11.5. The molecule has 0 amide bonds. The highest BCUT2D eigenvalue weighted by atomic mass is 16.6. The van der Waals surface area contributed by atoms with Crippen LogP contribution in [0.3, 0.4) is 0 Å². The molecule has 2 aromatic rings. The number of ether oxygens (including phenoxy) is 1. The second-order valence-corrected chi connectivity index (χ2v) is 5.86. The van der Waals surface area contributed by atoms with E-state index in [0.29, 0.717) is 11.3 Å². The Morgan fingerprint density at radius 1 is 1.17 bits per heavy atom. The lowest BCUT2D eigenvalue weighted by atomic mass is 9.97. The van der Waals surface area contributed by atoms with Gasteiger partial charge in [-0.1, -0.05) is 0 Å². The monoisotopic (exact) mass is 337 g/mol. The quantitative estimate of drug-likeness (QED) is 0.465. The molecule has 130 valence electrons. The van der Waals surface area contributed by atoms with Crippen LogP contribution >= 0.6 is 0 Å². The highest BCUT2D eigenvalue weighted by Crippen LogP contribution is 2.25. The van der Waals surface area contributed by atoms with Crippen LogP contribution in [0.15, 0.2) is 33.5 Å². The number of aliphatic hydroxyl groups excluding tert-OH is 4. The first-order valence-electron chi connectivity index (χ1n) is 7.52. The zero-order valence-electron chi connectivity index (χ0n) is 12.9. The summed E-state index contributed by atoms with van der Waals surface area (Å²) in [6.07, 6.45) is -5.20. The topological polar surface area (TPSA) is 132 Å². The predicted molar refractivity (Wildman–Crippen MR) is 84.6 cm³/mol. The molecule has 1 saturated heterocycles. The summed E-state index contributed by atoms with van der Waals surface area (Å²) in [6.45, 7) is 1.27. The highest BCUT2D eigenvalue weighted by molar-refractivity contribution is 5.83. The Morgan fingerprint density at radius 3 is 2.62 bits per heavy atom. The van der Waals surface area contributed by atoms with Gasteiger partial charge in [0.25, 0.3) is 0 Å². The Balaban J connectivity index is 1.88. The summed E-state index contributed by atoms with van der Waals surface area (Å²) in [5.41, 5.74) is 1.13. The van der Waals surface area contributed by atoms with Crippen molar-refractivity contribution in [3.8, 4) is 0 Å². The third-order valence-electron chi connectivity index (χ3n) is 4.18. The minimum absolute atomic E-state index is 0.361. The van der Waals surface area contributed by atoms with E-state index >= 15 is 0 Å². The molecule has 0 aliphatic carbocycles. The van der Waals surface area contributed by atoms with E-state index in [0.717, 1.165) is 10.9 Å². The van der Waals surface area contributed by atoms with E-state index in [1.54, 1.807) is 25.1 Å². The van der Waals surface area contributed by atoms with Crippen molar-refractivity contribution in [3.63, 3.8) is 0 Å². The normalized spacial score (nSPS) is 30.5. The van der Waals surface area contributed by atoms with Crippen LogP contribution in [-0.2, 0) is 4.74 Å². The summed E-state index contributed by atoms with van der Waals surface area (Å²) in [4.78, 5) is 11.5. The average Bonchev–Trinajstić information content (AvgIpc) is 2.54. The minimum atomic E-state index is -1.43. The van der Waals surface area contributed by atoms with Gasteiger partial charge in [-0.25, -0.2) is 4.79 Å². The largest absolute Gasteiger partial charge is 0.423 e. The number of anilines is 1. The SMILES string of the molecule is Cc1cc(=O)oc2cc(NC3[C@@H](O)OC(CO)[C@H](O)[C@H]3O)ccc12. The molecule has 24 heavy (non-hydrogen) atoms. The lowest BCUT2D eigenvalue weighted by Crippen LogP contribution is -2.61. The van der Waals surface area contributed by atoms with E-state index in [9.17, 15) is 20.1 Å². The number of hydrogen-bond donors (Lipinski definition) is 5. The van der Waals surface area contributed by atoms with Crippen LogP contribution < -0.4 is 10.9 Å². The van der Waals surface area contributed by atoms with Crippen molar-refractivity contribution >= 4 is 16.7 Å². The molecule has 0 radical (unpaired) electrons. The van der Waals surface area contributed by atoms with Crippen LogP contribution in [0.1, 0.15) is 5.56 Å². The third-order valence-corrected chi connectivity index (χ3v) is 4.18. The van der Waals surface area contributed by atoms with Crippen LogP contribution in [0.2, 0.25) is 0 Å². The van der Waals surface area contributed by atoms with Crippen molar-refractivity contribution in [3.05, 3.63) is 40.2 Å². The molecule has 2 unspecified atom stereocenters. The van der Waals surface area contributed by atoms with Gasteiger partial charge < -0.3 is 34.9 Å². The molecule has 5 atom stereocenters. The van der Waals surface area contributed by atoms with Gasteiger partial charge in [0.1, 0.15) is 29.9 Å². The summed E-state index contributed by atoms with van der Waals surface area (Å²) in [6, 6.07) is 5.37. The molecule has 8 heteroatoms. The molecule has 0 bridgehead atoms. The third kappa shape index (κ3) is 3.02. The predicted octanol–water partition coefficient (Wildman–Crippen LogP) is -0.687. The van der Waals surface area contributed by atoms with Gasteiger partial charge in [0, 0.05) is 23.2 Å². The first-order valence-corrected chi connectivity index (χ1v) is 7.52. The molecule has 1 aromatic heterocycles. The molecule has 1 aromatic carbocycles. The van der Waals surface area contributed by atoms with E-state index in [4.69, 9.17) is 14.3 Å². The van der Waals surface area contributed by atoms with Crippen LogP contribution in [-0.4, -0.2) is 57.7 Å². The van der Waals surface area contributed by atoms with Crippen molar-refractivity contribution in [1.82, 2.24) is 0 Å². The molecule has 1 fully saturated rings. The van der Waals surface area contributed by atoms with Crippen LogP contribution in [0.5, 0.6) is 0 Å². The molecule has 8 nitrogen and oxygen atoms in total. The lowest BCUT2D eigenvalue weighted by Gasteiger charge is -2.40. The van der Waals surface area contributed by atoms with E-state index < -0.39 is 42.9 Å². The number of aliphatic hydroxyl groups is 4. The lowest BCUT2D eigenvalue weighted by molar-refractivity contribution is -0.245. The van der Waals surface area contributed by atoms with E-state index in [-0.39, 0.29) is 0 Å². The summed E-state index contributed by atoms with van der Waals surface area (Å²) in [5, 5.41) is 42.7. The Labute approximate surface area is 136 Å². The van der Waals surface area contributed by atoms with Gasteiger partial charge in [-0.05, 0) is 24.6 Å². The van der Waals surface area contributed by atoms with E-state index in [1.807, 2.05) is 0 Å². The number of aryl methyl sites for hydroxylation is 1. The van der Waals surface area contributed by atoms with Crippen LogP contribution in [0.4, 0.5) is 5.69 Å². The van der Waals surface area contributed by atoms with Crippen molar-refractivity contribution in [2.24, 2.45) is 0 Å². The first kappa shape index (κ1) is 16.9. The molecule has 3 rings (SSSR count). The number of hydrogen-bond acceptors (Lipinski definition) is 8. The number of benzene rings is 1. The standard InChI is InChI=1S/C16H19NO7/c1-7-4-12(19)23-10-5-8(2-3-9(7)10)17-13-15(21)14(20)11(6-18)24-16(13)22/h2-5,11,13-18,20-22H,6H2,1H3/t11?,13?,14-,15-,16-/m0/s1. The Hall–Kier alpha value is -1.97. The molecule has 0 saturated carbocycles. The fraction of sp³-hybridized carbons (Fsp3) is 0.438. The number of nitrogens with one attached hydrogen (secondary N) is 1. The first-order chi connectivity index (χ1) is 11.4. The van der Waals surface area contributed by atoms with Crippen molar-refractivity contribution in [2.75, 3.05) is 11.9 Å². The van der Waals surface area contributed by atoms with Gasteiger partial charge in [-0.3, -0.25) is 0 Å². The van der Waals surface area contributed by atoms with Gasteiger partial charge in [0.05, 0.1) is 6.61 Å². The zero-order chi connectivity index (χ0) is 17.4. The van der Waals surface area contributed by atoms with Gasteiger partial charge >= 0.3 is 5.63 Å². The van der Waals surface area contributed by atoms with Crippen LogP contribution in [0.25, 0.3) is 11.0 Å². The van der Waals surface area contributed by atoms with Crippen molar-refractivity contribution < 1.29 is 29.6 Å². The maximum Gasteiger partial charge on any atom is 0.336 e. The Bertz CT molecular complexity index is 790. The van der Waals surface area contributed by atoms with Gasteiger partial charge in [0.2, 0.25) is 0 Å². The van der Waals surface area contributed by atoms with Gasteiger partial charge in [0.15, 0.2) is 6.29 Å². The molecular weight excluding hydrogens is 318 g/mol. The fourth-order valence-electron chi connectivity index (χ4n) is 2.86. The molecule has 2 heterocycles. The fourth-order valence-corrected chi connectivity index (χ4v) is 2.86.